The van der Waals surface area contributed by atoms with Crippen molar-refractivity contribution in [3.63, 3.8) is 0 Å². The lowest BCUT2D eigenvalue weighted by Crippen LogP contribution is -2.45. The number of rotatable bonds is 7. The summed E-state index contributed by atoms with van der Waals surface area (Å²) in [6, 6.07) is 0. The Hall–Kier alpha value is 0.0300. The fourth-order valence-electron chi connectivity index (χ4n) is 2.04. The minimum absolute atomic E-state index is 0.0754. The molecule has 1 rings (SSSR count). The molecule has 0 aromatic rings. The summed E-state index contributed by atoms with van der Waals surface area (Å²) in [6.45, 7) is 9.48. The molecule has 1 saturated heterocycles. The van der Waals surface area contributed by atoms with Gasteiger partial charge in [-0.25, -0.2) is 0 Å². The van der Waals surface area contributed by atoms with Crippen LogP contribution in [-0.2, 0) is 23.1 Å². The van der Waals surface area contributed by atoms with Gasteiger partial charge < -0.3 is 23.6 Å². The molecule has 1 N–H and O–H groups in total. The molecule has 0 bridgehead atoms. The normalized spacial score (nSPS) is 30.7. The first-order valence-electron chi connectivity index (χ1n) is 7.05. The van der Waals surface area contributed by atoms with Crippen LogP contribution in [-0.4, -0.2) is 55.5 Å². The summed E-state index contributed by atoms with van der Waals surface area (Å²) in [7, 11) is -3.18. The Kier molecular flexibility index (Phi) is 7.12. The van der Waals surface area contributed by atoms with Crippen molar-refractivity contribution >= 4 is 7.60 Å². The van der Waals surface area contributed by atoms with Crippen molar-refractivity contribution in [3.8, 4) is 0 Å². The highest BCUT2D eigenvalue weighted by atomic mass is 31.2. The minimum Gasteiger partial charge on any atom is -0.391 e. The van der Waals surface area contributed by atoms with E-state index in [0.29, 0.717) is 13.0 Å². The highest BCUT2D eigenvalue weighted by molar-refractivity contribution is 7.53. The quantitative estimate of drug-likeness (QED) is 0.727. The van der Waals surface area contributed by atoms with Gasteiger partial charge in [0, 0.05) is 13.1 Å². The van der Waals surface area contributed by atoms with Crippen LogP contribution in [0.2, 0.25) is 0 Å². The van der Waals surface area contributed by atoms with Crippen molar-refractivity contribution in [2.24, 2.45) is 0 Å². The number of hydrogen-bond donors (Lipinski definition) is 1. The Labute approximate surface area is 121 Å². The second kappa shape index (κ2) is 7.87. The van der Waals surface area contributed by atoms with E-state index in [1.165, 1.54) is 6.66 Å². The van der Waals surface area contributed by atoms with Gasteiger partial charge in [-0.1, -0.05) is 0 Å². The molecule has 0 radical (unpaired) electrons. The third kappa shape index (κ3) is 6.66. The van der Waals surface area contributed by atoms with Gasteiger partial charge in [0.25, 0.3) is 0 Å². The molecule has 1 aliphatic heterocycles. The van der Waals surface area contributed by atoms with Crippen molar-refractivity contribution in [1.82, 2.24) is 0 Å². The van der Waals surface area contributed by atoms with Gasteiger partial charge in [-0.05, 0) is 27.7 Å². The van der Waals surface area contributed by atoms with Crippen LogP contribution in [0.15, 0.2) is 0 Å². The zero-order valence-electron chi connectivity index (χ0n) is 12.9. The lowest BCUT2D eigenvalue weighted by molar-refractivity contribution is -0.144. The first-order chi connectivity index (χ1) is 9.19. The molecular weight excluding hydrogens is 283 g/mol. The number of aliphatic hydroxyl groups is 1. The highest BCUT2D eigenvalue weighted by Crippen LogP contribution is 2.48. The first kappa shape index (κ1) is 18.1. The van der Waals surface area contributed by atoms with Crippen LogP contribution in [0.1, 0.15) is 34.1 Å². The number of ether oxygens (including phenoxy) is 2. The number of aliphatic hydroxyl groups excluding tert-OH is 1. The van der Waals surface area contributed by atoms with Crippen LogP contribution in [0.5, 0.6) is 0 Å². The summed E-state index contributed by atoms with van der Waals surface area (Å²) in [5.74, 6) is 0. The molecule has 0 aromatic carbocycles. The van der Waals surface area contributed by atoms with Crippen LogP contribution < -0.4 is 0 Å². The largest absolute Gasteiger partial charge is 0.391 e. The summed E-state index contributed by atoms with van der Waals surface area (Å²) < 4.78 is 34.2. The van der Waals surface area contributed by atoms with Gasteiger partial charge in [-0.15, -0.1) is 0 Å². The maximum absolute atomic E-state index is 12.3. The lowest BCUT2D eigenvalue weighted by Gasteiger charge is -2.35. The third-order valence-electron chi connectivity index (χ3n) is 2.74. The number of hydrogen-bond acceptors (Lipinski definition) is 6. The van der Waals surface area contributed by atoms with Gasteiger partial charge in [-0.3, -0.25) is 4.57 Å². The van der Waals surface area contributed by atoms with Gasteiger partial charge in [-0.2, -0.15) is 0 Å². The van der Waals surface area contributed by atoms with Gasteiger partial charge in [0.2, 0.25) is 0 Å². The van der Waals surface area contributed by atoms with Crippen molar-refractivity contribution in [1.29, 1.82) is 0 Å². The molecule has 20 heavy (non-hydrogen) atoms. The lowest BCUT2D eigenvalue weighted by atomic mass is 10.0. The summed E-state index contributed by atoms with van der Waals surface area (Å²) in [4.78, 5) is 0. The van der Waals surface area contributed by atoms with E-state index in [4.69, 9.17) is 18.5 Å². The average molecular weight is 310 g/mol. The van der Waals surface area contributed by atoms with E-state index in [0.717, 1.165) is 0 Å². The molecular formula is C13H27O6P. The molecule has 4 atom stereocenters. The molecule has 1 fully saturated rings. The second-order valence-electron chi connectivity index (χ2n) is 5.71. The summed E-state index contributed by atoms with van der Waals surface area (Å²) >= 11 is 0. The van der Waals surface area contributed by atoms with Gasteiger partial charge in [0.1, 0.15) is 6.10 Å². The van der Waals surface area contributed by atoms with E-state index in [1.807, 2.05) is 13.8 Å². The maximum Gasteiger partial charge on any atom is 0.328 e. The fraction of sp³-hybridized carbons (Fsp3) is 1.00. The highest BCUT2D eigenvalue weighted by Gasteiger charge is 2.36. The summed E-state index contributed by atoms with van der Waals surface area (Å²) in [5.41, 5.74) is 0. The van der Waals surface area contributed by atoms with Crippen LogP contribution in [0.25, 0.3) is 0 Å². The molecule has 0 spiro atoms. The topological polar surface area (TPSA) is 74.2 Å². The molecule has 6 nitrogen and oxygen atoms in total. The van der Waals surface area contributed by atoms with Crippen LogP contribution >= 0.6 is 7.60 Å². The average Bonchev–Trinajstić information content (AvgIpc) is 2.25. The molecule has 0 aliphatic carbocycles. The van der Waals surface area contributed by atoms with Crippen LogP contribution in [0.4, 0.5) is 0 Å². The Morgan fingerprint density at radius 2 is 1.95 bits per heavy atom. The predicted octanol–water partition coefficient (Wildman–Crippen LogP) is 2.19. The fourth-order valence-corrected chi connectivity index (χ4v) is 3.57. The molecule has 1 aliphatic rings. The molecule has 0 aromatic heterocycles. The monoisotopic (exact) mass is 310 g/mol. The zero-order chi connectivity index (χ0) is 15.3. The Morgan fingerprint density at radius 1 is 1.30 bits per heavy atom. The van der Waals surface area contributed by atoms with Crippen molar-refractivity contribution in [3.05, 3.63) is 0 Å². The van der Waals surface area contributed by atoms with E-state index in [1.54, 1.807) is 13.8 Å². The molecule has 7 heteroatoms. The standard InChI is InChI=1S/C13H27O6P/c1-9(2)16-8-13-12(6-11(14)7-17-13)19-20(5,15)18-10(3)4/h9-14H,6-8H2,1-5H3. The Balaban J connectivity index is 2.62. The van der Waals surface area contributed by atoms with Gasteiger partial charge in [0.15, 0.2) is 0 Å². The maximum atomic E-state index is 12.3. The van der Waals surface area contributed by atoms with Crippen molar-refractivity contribution in [2.75, 3.05) is 19.9 Å². The SMILES string of the molecule is CC(C)OCC1OCC(O)CC1OP(C)(=O)OC(C)C. The molecule has 120 valence electrons. The Morgan fingerprint density at radius 3 is 2.50 bits per heavy atom. The zero-order valence-corrected chi connectivity index (χ0v) is 13.8. The second-order valence-corrected chi connectivity index (χ2v) is 7.68. The molecule has 0 amide bonds. The van der Waals surface area contributed by atoms with E-state index in [9.17, 15) is 9.67 Å². The van der Waals surface area contributed by atoms with Crippen molar-refractivity contribution < 1.29 is 28.2 Å². The van der Waals surface area contributed by atoms with Gasteiger partial charge in [0.05, 0.1) is 37.6 Å². The van der Waals surface area contributed by atoms with Crippen LogP contribution in [0, 0.1) is 0 Å². The Bertz CT molecular complexity index is 333. The van der Waals surface area contributed by atoms with E-state index in [-0.39, 0.29) is 24.9 Å². The summed E-state index contributed by atoms with van der Waals surface area (Å²) in [6.07, 6.45) is -1.20. The predicted molar refractivity (Wildman–Crippen MR) is 76.1 cm³/mol. The molecule has 4 unspecified atom stereocenters. The van der Waals surface area contributed by atoms with Crippen molar-refractivity contribution in [2.45, 2.75) is 64.6 Å². The molecule has 0 saturated carbocycles. The first-order valence-corrected chi connectivity index (χ1v) is 9.04. The van der Waals surface area contributed by atoms with Crippen LogP contribution in [0.3, 0.4) is 0 Å². The smallest absolute Gasteiger partial charge is 0.328 e. The van der Waals surface area contributed by atoms with E-state index >= 15 is 0 Å². The van der Waals surface area contributed by atoms with E-state index in [2.05, 4.69) is 0 Å². The van der Waals surface area contributed by atoms with Gasteiger partial charge >= 0.3 is 7.60 Å². The summed E-state index contributed by atoms with van der Waals surface area (Å²) in [5, 5.41) is 9.68. The van der Waals surface area contributed by atoms with E-state index < -0.39 is 19.8 Å². The minimum atomic E-state index is -3.18. The molecule has 1 heterocycles. The third-order valence-corrected chi connectivity index (χ3v) is 4.20.